The lowest BCUT2D eigenvalue weighted by Gasteiger charge is -2.39. The number of ketones is 1. The Morgan fingerprint density at radius 2 is 2.11 bits per heavy atom. The van der Waals surface area contributed by atoms with Crippen LogP contribution in [0.3, 0.4) is 0 Å². The molecule has 0 aromatic carbocycles. The fourth-order valence-corrected chi connectivity index (χ4v) is 3.42. The fraction of sp³-hybridized carbons (Fsp3) is 0.857. The number of rotatable bonds is 3. The van der Waals surface area contributed by atoms with Gasteiger partial charge in [0.1, 0.15) is 5.78 Å². The highest BCUT2D eigenvalue weighted by Gasteiger charge is 2.41. The molecule has 0 bridgehead atoms. The van der Waals surface area contributed by atoms with Crippen molar-refractivity contribution in [3.05, 3.63) is 0 Å². The summed E-state index contributed by atoms with van der Waals surface area (Å²) in [5.41, 5.74) is 0. The number of fused-ring (bicyclic) bond motifs is 1. The van der Waals surface area contributed by atoms with E-state index in [1.54, 1.807) is 6.92 Å². The smallest absolute Gasteiger partial charge is 0.306 e. The van der Waals surface area contributed by atoms with Crippen LogP contribution >= 0.6 is 0 Å². The number of ether oxygens (including phenoxy) is 1. The summed E-state index contributed by atoms with van der Waals surface area (Å²) in [6.45, 7) is 2.15. The third kappa shape index (κ3) is 2.91. The van der Waals surface area contributed by atoms with Crippen LogP contribution in [-0.4, -0.2) is 29.6 Å². The van der Waals surface area contributed by atoms with E-state index in [0.29, 0.717) is 12.5 Å². The normalized spacial score (nSPS) is 36.0. The van der Waals surface area contributed by atoms with Gasteiger partial charge in [-0.2, -0.15) is 0 Å². The Bertz CT molecular complexity index is 326. The predicted molar refractivity (Wildman–Crippen MR) is 65.8 cm³/mol. The van der Waals surface area contributed by atoms with Crippen LogP contribution < -0.4 is 0 Å². The molecule has 0 saturated heterocycles. The maximum Gasteiger partial charge on any atom is 0.306 e. The molecule has 2 fully saturated rings. The summed E-state index contributed by atoms with van der Waals surface area (Å²) >= 11 is 0. The number of carbonyl (C=O) groups is 2. The molecule has 1 N–H and O–H groups in total. The molecular weight excluding hydrogens is 232 g/mol. The number of aliphatic hydroxyl groups is 1. The summed E-state index contributed by atoms with van der Waals surface area (Å²) in [6, 6.07) is 0. The van der Waals surface area contributed by atoms with Crippen molar-refractivity contribution in [1.82, 2.24) is 0 Å². The highest BCUT2D eigenvalue weighted by atomic mass is 16.5. The molecule has 2 rings (SSSR count). The monoisotopic (exact) mass is 254 g/mol. The molecule has 0 aliphatic heterocycles. The van der Waals surface area contributed by atoms with Gasteiger partial charge >= 0.3 is 5.97 Å². The minimum absolute atomic E-state index is 0.0709. The quantitative estimate of drug-likeness (QED) is 0.778. The second kappa shape index (κ2) is 5.83. The number of hydrogen-bond donors (Lipinski definition) is 1. The zero-order valence-corrected chi connectivity index (χ0v) is 10.9. The van der Waals surface area contributed by atoms with Gasteiger partial charge in [-0.05, 0) is 44.9 Å². The molecule has 4 atom stereocenters. The van der Waals surface area contributed by atoms with Gasteiger partial charge in [-0.15, -0.1) is 0 Å². The van der Waals surface area contributed by atoms with E-state index in [1.165, 1.54) is 0 Å². The Labute approximate surface area is 108 Å². The number of esters is 1. The van der Waals surface area contributed by atoms with Crippen LogP contribution in [0.5, 0.6) is 0 Å². The fourth-order valence-electron chi connectivity index (χ4n) is 3.42. The van der Waals surface area contributed by atoms with Gasteiger partial charge in [0, 0.05) is 11.8 Å². The van der Waals surface area contributed by atoms with Crippen molar-refractivity contribution in [1.29, 1.82) is 0 Å². The molecule has 4 heteroatoms. The van der Waals surface area contributed by atoms with Gasteiger partial charge in [-0.1, -0.05) is 0 Å². The first-order valence-electron chi connectivity index (χ1n) is 6.99. The SMILES string of the molecule is CCOC(=O)CC1CCC2CC(O)CCC2C1=O. The molecule has 0 radical (unpaired) electrons. The van der Waals surface area contributed by atoms with E-state index in [4.69, 9.17) is 4.74 Å². The second-order valence-corrected chi connectivity index (χ2v) is 5.52. The van der Waals surface area contributed by atoms with Gasteiger partial charge in [0.2, 0.25) is 0 Å². The summed E-state index contributed by atoms with van der Waals surface area (Å²) in [4.78, 5) is 23.8. The van der Waals surface area contributed by atoms with E-state index in [2.05, 4.69) is 0 Å². The lowest BCUT2D eigenvalue weighted by atomic mass is 9.65. The molecule has 4 nitrogen and oxygen atoms in total. The maximum absolute atomic E-state index is 12.3. The molecule has 0 heterocycles. The first-order chi connectivity index (χ1) is 8.61. The average Bonchev–Trinajstić information content (AvgIpc) is 2.33. The molecule has 18 heavy (non-hydrogen) atoms. The number of Topliss-reactive ketones (excluding diaryl/α,β-unsaturated/α-hetero) is 1. The van der Waals surface area contributed by atoms with Crippen molar-refractivity contribution >= 4 is 11.8 Å². The molecule has 0 amide bonds. The summed E-state index contributed by atoms with van der Waals surface area (Å²) in [5.74, 6) is 0.221. The van der Waals surface area contributed by atoms with E-state index in [0.717, 1.165) is 32.1 Å². The zero-order valence-electron chi connectivity index (χ0n) is 10.9. The van der Waals surface area contributed by atoms with Crippen molar-refractivity contribution in [2.45, 2.75) is 51.6 Å². The highest BCUT2D eigenvalue weighted by molar-refractivity contribution is 5.88. The topological polar surface area (TPSA) is 63.6 Å². The van der Waals surface area contributed by atoms with Crippen LogP contribution in [-0.2, 0) is 14.3 Å². The van der Waals surface area contributed by atoms with Crippen LogP contribution in [0.15, 0.2) is 0 Å². The van der Waals surface area contributed by atoms with Gasteiger partial charge in [-0.25, -0.2) is 0 Å². The Balaban J connectivity index is 1.93. The van der Waals surface area contributed by atoms with Gasteiger partial charge in [-0.3, -0.25) is 9.59 Å². The van der Waals surface area contributed by atoms with Crippen molar-refractivity contribution in [2.24, 2.45) is 17.8 Å². The van der Waals surface area contributed by atoms with Crippen molar-refractivity contribution < 1.29 is 19.4 Å². The number of aliphatic hydroxyl groups excluding tert-OH is 1. The molecule has 102 valence electrons. The number of hydrogen-bond acceptors (Lipinski definition) is 4. The molecule has 2 aliphatic rings. The Morgan fingerprint density at radius 3 is 2.83 bits per heavy atom. The zero-order chi connectivity index (χ0) is 13.1. The summed E-state index contributed by atoms with van der Waals surface area (Å²) < 4.78 is 4.91. The van der Waals surface area contributed by atoms with E-state index in [9.17, 15) is 14.7 Å². The molecule has 0 aromatic heterocycles. The van der Waals surface area contributed by atoms with E-state index in [1.807, 2.05) is 0 Å². The Kier molecular flexibility index (Phi) is 4.38. The van der Waals surface area contributed by atoms with E-state index in [-0.39, 0.29) is 36.1 Å². The summed E-state index contributed by atoms with van der Waals surface area (Å²) in [6.07, 6.45) is 3.98. The molecule has 2 aliphatic carbocycles. The Hall–Kier alpha value is -0.900. The minimum Gasteiger partial charge on any atom is -0.466 e. The van der Waals surface area contributed by atoms with E-state index >= 15 is 0 Å². The largest absolute Gasteiger partial charge is 0.466 e. The van der Waals surface area contributed by atoms with E-state index < -0.39 is 0 Å². The van der Waals surface area contributed by atoms with Gasteiger partial charge in [0.25, 0.3) is 0 Å². The molecule has 0 spiro atoms. The van der Waals surface area contributed by atoms with Crippen LogP contribution in [0.2, 0.25) is 0 Å². The van der Waals surface area contributed by atoms with Crippen LogP contribution in [0.25, 0.3) is 0 Å². The lowest BCUT2D eigenvalue weighted by molar-refractivity contribution is -0.149. The van der Waals surface area contributed by atoms with Crippen molar-refractivity contribution in [2.75, 3.05) is 6.61 Å². The first kappa shape index (κ1) is 13.5. The highest BCUT2D eigenvalue weighted by Crippen LogP contribution is 2.41. The van der Waals surface area contributed by atoms with Crippen LogP contribution in [0, 0.1) is 17.8 Å². The number of carbonyl (C=O) groups excluding carboxylic acids is 2. The standard InChI is InChI=1S/C14H22O4/c1-2-18-13(16)8-10-4-3-9-7-11(15)5-6-12(9)14(10)17/h9-12,15H,2-8H2,1H3. The van der Waals surface area contributed by atoms with Gasteiger partial charge in [0.15, 0.2) is 0 Å². The molecule has 0 aromatic rings. The molecule has 4 unspecified atom stereocenters. The maximum atomic E-state index is 12.3. The lowest BCUT2D eigenvalue weighted by Crippen LogP contribution is -2.40. The van der Waals surface area contributed by atoms with Crippen molar-refractivity contribution in [3.8, 4) is 0 Å². The predicted octanol–water partition coefficient (Wildman–Crippen LogP) is 1.70. The molecule has 2 saturated carbocycles. The van der Waals surface area contributed by atoms with Gasteiger partial charge in [0.05, 0.1) is 19.1 Å². The third-order valence-electron chi connectivity index (χ3n) is 4.33. The summed E-state index contributed by atoms with van der Waals surface area (Å²) in [7, 11) is 0. The van der Waals surface area contributed by atoms with Crippen LogP contribution in [0.4, 0.5) is 0 Å². The molecular formula is C14H22O4. The average molecular weight is 254 g/mol. The second-order valence-electron chi connectivity index (χ2n) is 5.52. The van der Waals surface area contributed by atoms with Crippen molar-refractivity contribution in [3.63, 3.8) is 0 Å². The summed E-state index contributed by atoms with van der Waals surface area (Å²) in [5, 5.41) is 9.63. The first-order valence-corrected chi connectivity index (χ1v) is 6.99. The van der Waals surface area contributed by atoms with Gasteiger partial charge < -0.3 is 9.84 Å². The van der Waals surface area contributed by atoms with Crippen LogP contribution in [0.1, 0.15) is 45.4 Å². The minimum atomic E-state index is -0.259. The third-order valence-corrected chi connectivity index (χ3v) is 4.33. The Morgan fingerprint density at radius 1 is 1.33 bits per heavy atom.